The zero-order valence-corrected chi connectivity index (χ0v) is 14.8. The van der Waals surface area contributed by atoms with Gasteiger partial charge in [-0.05, 0) is 49.9 Å². The molecule has 0 spiro atoms. The number of nitrogens with zero attached hydrogens (tertiary/aromatic N) is 1. The van der Waals surface area contributed by atoms with Gasteiger partial charge in [-0.1, -0.05) is 11.6 Å². The van der Waals surface area contributed by atoms with Crippen molar-refractivity contribution >= 4 is 23.4 Å². The average molecular weight is 353 g/mol. The van der Waals surface area contributed by atoms with Crippen LogP contribution in [0.25, 0.3) is 0 Å². The van der Waals surface area contributed by atoms with Crippen molar-refractivity contribution in [3.8, 4) is 0 Å². The monoisotopic (exact) mass is 352 g/mol. The Hall–Kier alpha value is -1.59. The molecule has 1 atom stereocenters. The third-order valence-electron chi connectivity index (χ3n) is 4.25. The van der Waals surface area contributed by atoms with Gasteiger partial charge < -0.3 is 15.0 Å². The first-order valence-electron chi connectivity index (χ1n) is 8.43. The van der Waals surface area contributed by atoms with Crippen molar-refractivity contribution in [3.05, 3.63) is 34.9 Å². The number of halogens is 1. The predicted octanol–water partition coefficient (Wildman–Crippen LogP) is 2.74. The molecule has 5 nitrogen and oxygen atoms in total. The Balaban J connectivity index is 1.83. The van der Waals surface area contributed by atoms with Crippen molar-refractivity contribution in [1.29, 1.82) is 0 Å². The molecule has 0 radical (unpaired) electrons. The van der Waals surface area contributed by atoms with Crippen molar-refractivity contribution in [2.75, 3.05) is 33.4 Å². The van der Waals surface area contributed by atoms with E-state index in [9.17, 15) is 9.59 Å². The number of carbonyl (C=O) groups excluding carboxylic acids is 2. The molecule has 1 heterocycles. The Morgan fingerprint density at radius 1 is 1.29 bits per heavy atom. The molecule has 1 aliphatic rings. The summed E-state index contributed by atoms with van der Waals surface area (Å²) in [6, 6.07) is 6.88. The van der Waals surface area contributed by atoms with Gasteiger partial charge in [-0.25, -0.2) is 0 Å². The standard InChI is InChI=1S/C18H25ClN2O3/c1-24-12-3-2-10-20-17(22)15-5-4-11-21(13-15)18(23)14-6-8-16(19)9-7-14/h6-9,15H,2-5,10-13H2,1H3,(H,20,22). The summed E-state index contributed by atoms with van der Waals surface area (Å²) in [4.78, 5) is 26.6. The molecular formula is C18H25ClN2O3. The van der Waals surface area contributed by atoms with E-state index in [0.29, 0.717) is 36.8 Å². The molecule has 0 aromatic heterocycles. The molecule has 1 aliphatic heterocycles. The van der Waals surface area contributed by atoms with E-state index in [1.807, 2.05) is 0 Å². The van der Waals surface area contributed by atoms with Gasteiger partial charge in [-0.3, -0.25) is 9.59 Å². The maximum absolute atomic E-state index is 12.5. The molecule has 0 saturated carbocycles. The first-order valence-corrected chi connectivity index (χ1v) is 8.81. The van der Waals surface area contributed by atoms with Crippen LogP contribution in [-0.4, -0.2) is 50.1 Å². The molecule has 6 heteroatoms. The summed E-state index contributed by atoms with van der Waals surface area (Å²) in [5, 5.41) is 3.58. The van der Waals surface area contributed by atoms with E-state index in [1.54, 1.807) is 36.3 Å². The van der Waals surface area contributed by atoms with Crippen LogP contribution in [0, 0.1) is 5.92 Å². The summed E-state index contributed by atoms with van der Waals surface area (Å²) in [6.07, 6.45) is 3.51. The van der Waals surface area contributed by atoms with Crippen LogP contribution in [0.1, 0.15) is 36.0 Å². The fourth-order valence-corrected chi connectivity index (χ4v) is 3.00. The number of unbranched alkanes of at least 4 members (excludes halogenated alkanes) is 1. The minimum Gasteiger partial charge on any atom is -0.385 e. The molecule has 132 valence electrons. The molecule has 1 unspecified atom stereocenters. The first kappa shape index (κ1) is 18.7. The van der Waals surface area contributed by atoms with Crippen molar-refractivity contribution < 1.29 is 14.3 Å². The Labute approximate surface area is 148 Å². The van der Waals surface area contributed by atoms with E-state index in [-0.39, 0.29) is 17.7 Å². The molecule has 1 saturated heterocycles. The van der Waals surface area contributed by atoms with Crippen molar-refractivity contribution in [2.45, 2.75) is 25.7 Å². The van der Waals surface area contributed by atoms with Gasteiger partial charge in [0.15, 0.2) is 0 Å². The third kappa shape index (κ3) is 5.49. The summed E-state index contributed by atoms with van der Waals surface area (Å²) in [7, 11) is 1.67. The maximum atomic E-state index is 12.5. The van der Waals surface area contributed by atoms with Gasteiger partial charge in [0.25, 0.3) is 5.91 Å². The number of methoxy groups -OCH3 is 1. The lowest BCUT2D eigenvalue weighted by Crippen LogP contribution is -2.45. The maximum Gasteiger partial charge on any atom is 0.253 e. The van der Waals surface area contributed by atoms with Gasteiger partial charge in [0.05, 0.1) is 5.92 Å². The number of ether oxygens (including phenoxy) is 1. The molecule has 0 bridgehead atoms. The van der Waals surface area contributed by atoms with Gasteiger partial charge in [-0.2, -0.15) is 0 Å². The summed E-state index contributed by atoms with van der Waals surface area (Å²) in [6.45, 7) is 2.54. The SMILES string of the molecule is COCCCCNC(=O)C1CCCN(C(=O)c2ccc(Cl)cc2)C1. The first-order chi connectivity index (χ1) is 11.6. The highest BCUT2D eigenvalue weighted by Gasteiger charge is 2.28. The normalized spacial score (nSPS) is 17.6. The number of hydrogen-bond donors (Lipinski definition) is 1. The van der Waals surface area contributed by atoms with Crippen molar-refractivity contribution in [1.82, 2.24) is 10.2 Å². The van der Waals surface area contributed by atoms with E-state index < -0.39 is 0 Å². The van der Waals surface area contributed by atoms with Crippen LogP contribution in [0.4, 0.5) is 0 Å². The molecule has 1 aromatic carbocycles. The minimum absolute atomic E-state index is 0.0377. The molecule has 0 aliphatic carbocycles. The number of carbonyl (C=O) groups is 2. The van der Waals surface area contributed by atoms with E-state index in [1.165, 1.54) is 0 Å². The Morgan fingerprint density at radius 2 is 2.04 bits per heavy atom. The van der Waals surface area contributed by atoms with Gasteiger partial charge in [0, 0.05) is 43.9 Å². The topological polar surface area (TPSA) is 58.6 Å². The Bertz CT molecular complexity index is 548. The Kier molecular flexibility index (Phi) is 7.53. The van der Waals surface area contributed by atoms with Gasteiger partial charge in [0.1, 0.15) is 0 Å². The fraction of sp³-hybridized carbons (Fsp3) is 0.556. The molecule has 2 amide bonds. The van der Waals surface area contributed by atoms with Crippen LogP contribution in [0.2, 0.25) is 5.02 Å². The third-order valence-corrected chi connectivity index (χ3v) is 4.50. The summed E-state index contributed by atoms with van der Waals surface area (Å²) in [5.41, 5.74) is 0.611. The molecule has 24 heavy (non-hydrogen) atoms. The van der Waals surface area contributed by atoms with E-state index in [2.05, 4.69) is 5.32 Å². The van der Waals surface area contributed by atoms with Crippen molar-refractivity contribution in [2.24, 2.45) is 5.92 Å². The Morgan fingerprint density at radius 3 is 2.75 bits per heavy atom. The number of rotatable bonds is 7. The van der Waals surface area contributed by atoms with Gasteiger partial charge in [-0.15, -0.1) is 0 Å². The number of nitrogens with one attached hydrogen (secondary N) is 1. The number of piperidine rings is 1. The summed E-state index contributed by atoms with van der Waals surface area (Å²) < 4.78 is 4.99. The lowest BCUT2D eigenvalue weighted by molar-refractivity contribution is -0.126. The van der Waals surface area contributed by atoms with Crippen LogP contribution < -0.4 is 5.32 Å². The quantitative estimate of drug-likeness (QED) is 0.767. The lowest BCUT2D eigenvalue weighted by Gasteiger charge is -2.32. The van der Waals surface area contributed by atoms with Crippen molar-refractivity contribution in [3.63, 3.8) is 0 Å². The number of benzene rings is 1. The van der Waals surface area contributed by atoms with Gasteiger partial charge in [0.2, 0.25) is 5.91 Å². The predicted molar refractivity (Wildman–Crippen MR) is 94.2 cm³/mol. The van der Waals surface area contributed by atoms with Crippen LogP contribution in [0.15, 0.2) is 24.3 Å². The van der Waals surface area contributed by atoms with Crippen LogP contribution >= 0.6 is 11.6 Å². The largest absolute Gasteiger partial charge is 0.385 e. The van der Waals surface area contributed by atoms with Gasteiger partial charge >= 0.3 is 0 Å². The van der Waals surface area contributed by atoms with Crippen LogP contribution in [0.3, 0.4) is 0 Å². The lowest BCUT2D eigenvalue weighted by atomic mass is 9.96. The molecule has 2 rings (SSSR count). The van der Waals surface area contributed by atoms with E-state index in [0.717, 1.165) is 25.7 Å². The zero-order chi connectivity index (χ0) is 17.4. The summed E-state index contributed by atoms with van der Waals surface area (Å²) >= 11 is 5.86. The van der Waals surface area contributed by atoms with E-state index in [4.69, 9.17) is 16.3 Å². The zero-order valence-electron chi connectivity index (χ0n) is 14.1. The highest BCUT2D eigenvalue weighted by molar-refractivity contribution is 6.30. The second-order valence-corrected chi connectivity index (χ2v) is 6.52. The van der Waals surface area contributed by atoms with E-state index >= 15 is 0 Å². The molecule has 1 aromatic rings. The highest BCUT2D eigenvalue weighted by atomic mass is 35.5. The molecule has 1 fully saturated rings. The fourth-order valence-electron chi connectivity index (χ4n) is 2.88. The summed E-state index contributed by atoms with van der Waals surface area (Å²) in [5.74, 6) is -0.122. The molecule has 1 N–H and O–H groups in total. The number of hydrogen-bond acceptors (Lipinski definition) is 3. The second kappa shape index (κ2) is 9.64. The minimum atomic E-state index is -0.127. The van der Waals surface area contributed by atoms with Crippen LogP contribution in [-0.2, 0) is 9.53 Å². The second-order valence-electron chi connectivity index (χ2n) is 6.09. The number of likely N-dealkylation sites (tertiary alicyclic amines) is 1. The number of amides is 2. The highest BCUT2D eigenvalue weighted by Crippen LogP contribution is 2.19. The molecular weight excluding hydrogens is 328 g/mol. The average Bonchev–Trinajstić information content (AvgIpc) is 2.61. The van der Waals surface area contributed by atoms with Crippen LogP contribution in [0.5, 0.6) is 0 Å². The smallest absolute Gasteiger partial charge is 0.253 e.